The lowest BCUT2D eigenvalue weighted by atomic mass is 9.96. The zero-order valence-electron chi connectivity index (χ0n) is 19.3. The van der Waals surface area contributed by atoms with Crippen molar-refractivity contribution in [3.8, 4) is 0 Å². The molecule has 11 nitrogen and oxygen atoms in total. The number of rotatable bonds is 15. The summed E-state index contributed by atoms with van der Waals surface area (Å²) in [6.45, 7) is 6.99. The molecule has 0 saturated carbocycles. The first-order chi connectivity index (χ1) is 14.8. The van der Waals surface area contributed by atoms with Crippen LogP contribution in [0.4, 0.5) is 0 Å². The van der Waals surface area contributed by atoms with Crippen molar-refractivity contribution in [2.24, 2.45) is 23.3 Å². The van der Waals surface area contributed by atoms with E-state index in [1.165, 1.54) is 0 Å². The quantitative estimate of drug-likeness (QED) is 0.177. The standard InChI is InChI=1S/C20H37N5O6S/c1-6-11(4)16(25-17(27)12(21)7-8-32-5)19(29)24-15(10(2)3)18(28)23-13(20(30)31)9-14(22)26/h10-13,15-16H,6-9,21H2,1-5H3,(H2,22,26)(H,23,28)(H,24,29)(H,25,27)(H,30,31). The third-order valence-electron chi connectivity index (χ3n) is 5.03. The molecule has 0 bridgehead atoms. The Labute approximate surface area is 193 Å². The fraction of sp³-hybridized carbons (Fsp3) is 0.750. The van der Waals surface area contributed by atoms with Crippen molar-refractivity contribution in [2.45, 2.75) is 71.1 Å². The summed E-state index contributed by atoms with van der Waals surface area (Å²) in [5, 5.41) is 16.7. The van der Waals surface area contributed by atoms with Crippen molar-refractivity contribution >= 4 is 41.4 Å². The minimum Gasteiger partial charge on any atom is -0.480 e. The molecule has 4 amide bonds. The van der Waals surface area contributed by atoms with E-state index in [0.29, 0.717) is 18.6 Å². The van der Waals surface area contributed by atoms with E-state index in [-0.39, 0.29) is 5.92 Å². The smallest absolute Gasteiger partial charge is 0.326 e. The molecule has 0 aliphatic heterocycles. The van der Waals surface area contributed by atoms with Crippen LogP contribution in [-0.4, -0.2) is 70.9 Å². The van der Waals surface area contributed by atoms with Crippen LogP contribution in [0.2, 0.25) is 0 Å². The van der Waals surface area contributed by atoms with Crippen LogP contribution in [0.5, 0.6) is 0 Å². The molecule has 0 radical (unpaired) electrons. The molecule has 0 aromatic heterocycles. The fourth-order valence-electron chi connectivity index (χ4n) is 2.78. The number of hydrogen-bond acceptors (Lipinski definition) is 7. The van der Waals surface area contributed by atoms with Crippen molar-refractivity contribution in [1.29, 1.82) is 0 Å². The van der Waals surface area contributed by atoms with Crippen molar-refractivity contribution in [1.82, 2.24) is 16.0 Å². The van der Waals surface area contributed by atoms with Gasteiger partial charge in [-0.3, -0.25) is 19.2 Å². The van der Waals surface area contributed by atoms with Crippen LogP contribution in [-0.2, 0) is 24.0 Å². The third-order valence-corrected chi connectivity index (χ3v) is 5.67. The maximum Gasteiger partial charge on any atom is 0.326 e. The Morgan fingerprint density at radius 3 is 1.91 bits per heavy atom. The fourth-order valence-corrected chi connectivity index (χ4v) is 3.27. The van der Waals surface area contributed by atoms with Gasteiger partial charge in [-0.25, -0.2) is 4.79 Å². The number of nitrogens with two attached hydrogens (primary N) is 2. The Hall–Kier alpha value is -2.34. The number of nitrogens with one attached hydrogen (secondary N) is 3. The van der Waals surface area contributed by atoms with Crippen molar-refractivity contribution < 1.29 is 29.1 Å². The number of carbonyl (C=O) groups excluding carboxylic acids is 4. The van der Waals surface area contributed by atoms with Gasteiger partial charge in [0.15, 0.2) is 0 Å². The zero-order chi connectivity index (χ0) is 25.0. The summed E-state index contributed by atoms with van der Waals surface area (Å²) in [6, 6.07) is -4.30. The van der Waals surface area contributed by atoms with E-state index in [9.17, 15) is 29.1 Å². The maximum atomic E-state index is 13.0. The van der Waals surface area contributed by atoms with Crippen LogP contribution < -0.4 is 27.4 Å². The Balaban J connectivity index is 5.44. The topological polar surface area (TPSA) is 194 Å². The predicted octanol–water partition coefficient (Wildman–Crippen LogP) is -0.817. The van der Waals surface area contributed by atoms with Crippen molar-refractivity contribution in [3.05, 3.63) is 0 Å². The number of carbonyl (C=O) groups is 5. The van der Waals surface area contributed by atoms with Gasteiger partial charge in [-0.05, 0) is 30.3 Å². The molecular weight excluding hydrogens is 438 g/mol. The Bertz CT molecular complexity index is 675. The van der Waals surface area contributed by atoms with Crippen LogP contribution >= 0.6 is 11.8 Å². The number of carboxylic acids is 1. The average molecular weight is 476 g/mol. The van der Waals surface area contributed by atoms with Gasteiger partial charge >= 0.3 is 5.97 Å². The van der Waals surface area contributed by atoms with Crippen LogP contribution in [0.15, 0.2) is 0 Å². The molecule has 0 saturated heterocycles. The van der Waals surface area contributed by atoms with Gasteiger partial charge in [-0.15, -0.1) is 0 Å². The molecule has 184 valence electrons. The van der Waals surface area contributed by atoms with Gasteiger partial charge in [-0.2, -0.15) is 11.8 Å². The number of aliphatic carboxylic acids is 1. The average Bonchev–Trinajstić information content (AvgIpc) is 2.71. The predicted molar refractivity (Wildman–Crippen MR) is 123 cm³/mol. The molecule has 0 aliphatic carbocycles. The summed E-state index contributed by atoms with van der Waals surface area (Å²) in [6.07, 6.45) is 2.35. The van der Waals surface area contributed by atoms with Gasteiger partial charge in [0, 0.05) is 0 Å². The highest BCUT2D eigenvalue weighted by Crippen LogP contribution is 2.11. The molecule has 5 atom stereocenters. The van der Waals surface area contributed by atoms with E-state index in [0.717, 1.165) is 0 Å². The lowest BCUT2D eigenvalue weighted by Crippen LogP contribution is -2.60. The Morgan fingerprint density at radius 1 is 0.938 bits per heavy atom. The highest BCUT2D eigenvalue weighted by molar-refractivity contribution is 7.98. The van der Waals surface area contributed by atoms with Gasteiger partial charge in [-0.1, -0.05) is 34.1 Å². The zero-order valence-corrected chi connectivity index (χ0v) is 20.2. The molecule has 0 aliphatic rings. The molecule has 0 heterocycles. The molecule has 0 fully saturated rings. The van der Waals surface area contributed by atoms with Crippen LogP contribution in [0.3, 0.4) is 0 Å². The molecule has 0 spiro atoms. The highest BCUT2D eigenvalue weighted by Gasteiger charge is 2.33. The van der Waals surface area contributed by atoms with E-state index < -0.39 is 66.1 Å². The summed E-state index contributed by atoms with van der Waals surface area (Å²) in [5.41, 5.74) is 10.9. The summed E-state index contributed by atoms with van der Waals surface area (Å²) < 4.78 is 0. The Morgan fingerprint density at radius 2 is 1.47 bits per heavy atom. The number of thioether (sulfide) groups is 1. The van der Waals surface area contributed by atoms with E-state index in [2.05, 4.69) is 16.0 Å². The summed E-state index contributed by atoms with van der Waals surface area (Å²) in [7, 11) is 0. The Kier molecular flexibility index (Phi) is 13.6. The van der Waals surface area contributed by atoms with Gasteiger partial charge in [0.1, 0.15) is 18.1 Å². The second-order valence-electron chi connectivity index (χ2n) is 8.06. The maximum absolute atomic E-state index is 13.0. The second-order valence-corrected chi connectivity index (χ2v) is 9.05. The van der Waals surface area contributed by atoms with Gasteiger partial charge in [0.05, 0.1) is 12.5 Å². The summed E-state index contributed by atoms with van der Waals surface area (Å²) in [5.74, 6) is -4.08. The number of amides is 4. The number of hydrogen-bond donors (Lipinski definition) is 6. The van der Waals surface area contributed by atoms with Gasteiger partial charge in [0.25, 0.3) is 0 Å². The van der Waals surface area contributed by atoms with Crippen LogP contribution in [0, 0.1) is 11.8 Å². The molecule has 5 unspecified atom stereocenters. The van der Waals surface area contributed by atoms with E-state index in [4.69, 9.17) is 11.5 Å². The first-order valence-corrected chi connectivity index (χ1v) is 11.9. The first-order valence-electron chi connectivity index (χ1n) is 10.5. The highest BCUT2D eigenvalue weighted by atomic mass is 32.2. The van der Waals surface area contributed by atoms with Gasteiger partial charge in [0.2, 0.25) is 23.6 Å². The molecular formula is C20H37N5O6S. The largest absolute Gasteiger partial charge is 0.480 e. The monoisotopic (exact) mass is 475 g/mol. The van der Waals surface area contributed by atoms with E-state index in [1.807, 2.05) is 13.2 Å². The lowest BCUT2D eigenvalue weighted by molar-refractivity contribution is -0.144. The minimum absolute atomic E-state index is 0.246. The van der Waals surface area contributed by atoms with Crippen molar-refractivity contribution in [3.63, 3.8) is 0 Å². The number of carboxylic acid groups (broad SMARTS) is 1. The molecule has 0 aromatic carbocycles. The van der Waals surface area contributed by atoms with Gasteiger partial charge < -0.3 is 32.5 Å². The molecule has 32 heavy (non-hydrogen) atoms. The van der Waals surface area contributed by atoms with Crippen LogP contribution in [0.25, 0.3) is 0 Å². The first kappa shape index (κ1) is 29.7. The molecule has 12 heteroatoms. The van der Waals surface area contributed by atoms with Crippen molar-refractivity contribution in [2.75, 3.05) is 12.0 Å². The molecule has 0 aromatic rings. The summed E-state index contributed by atoms with van der Waals surface area (Å²) in [4.78, 5) is 60.5. The molecule has 8 N–H and O–H groups in total. The number of primary amides is 1. The third kappa shape index (κ3) is 10.3. The lowest BCUT2D eigenvalue weighted by Gasteiger charge is -2.29. The second kappa shape index (κ2) is 14.7. The normalized spacial score (nSPS) is 15.7. The van der Waals surface area contributed by atoms with E-state index in [1.54, 1.807) is 32.5 Å². The molecule has 0 rings (SSSR count). The van der Waals surface area contributed by atoms with E-state index >= 15 is 0 Å². The minimum atomic E-state index is -1.52. The SMILES string of the molecule is CCC(C)C(NC(=O)C(N)CCSC)C(=O)NC(C(=O)NC(CC(N)=O)C(=O)O)C(C)C. The summed E-state index contributed by atoms with van der Waals surface area (Å²) >= 11 is 1.55. The van der Waals surface area contributed by atoms with Crippen LogP contribution in [0.1, 0.15) is 47.0 Å².